The van der Waals surface area contributed by atoms with E-state index in [1.165, 1.54) is 23.4 Å². The molecule has 0 radical (unpaired) electrons. The number of methoxy groups -OCH3 is 1. The van der Waals surface area contributed by atoms with Gasteiger partial charge < -0.3 is 9.84 Å². The van der Waals surface area contributed by atoms with Gasteiger partial charge in [-0.15, -0.1) is 11.3 Å². The van der Waals surface area contributed by atoms with Crippen LogP contribution in [-0.4, -0.2) is 40.7 Å². The number of hydrogen-bond acceptors (Lipinski definition) is 7. The molecule has 0 bridgehead atoms. The molecular formula is C33H38N4O3S. The Kier molecular flexibility index (Phi) is 8.36. The number of carbonyl (C=O) groups excluding carboxylic acids is 1. The van der Waals surface area contributed by atoms with Crippen molar-refractivity contribution in [3.8, 4) is 22.3 Å². The molecule has 1 aromatic carbocycles. The number of aliphatic hydroxyl groups excluding tert-OH is 1. The summed E-state index contributed by atoms with van der Waals surface area (Å²) < 4.78 is 5.33. The Bertz CT molecular complexity index is 1410. The van der Waals surface area contributed by atoms with Gasteiger partial charge in [0.2, 0.25) is 5.91 Å². The third-order valence-corrected chi connectivity index (χ3v) is 10.4. The number of pyridine rings is 1. The summed E-state index contributed by atoms with van der Waals surface area (Å²) >= 11 is 1.75. The van der Waals surface area contributed by atoms with E-state index in [9.17, 15) is 15.2 Å². The zero-order valence-corrected chi connectivity index (χ0v) is 24.5. The highest BCUT2D eigenvalue weighted by molar-refractivity contribution is 7.15. The maximum absolute atomic E-state index is 14.0. The Hall–Kier alpha value is -3.28. The topological polar surface area (TPSA) is 99.3 Å². The van der Waals surface area contributed by atoms with Crippen molar-refractivity contribution in [1.82, 2.24) is 9.97 Å². The molecule has 0 atom stereocenters. The van der Waals surface area contributed by atoms with Crippen LogP contribution in [0.5, 0.6) is 5.75 Å². The number of hydrogen-bond donors (Lipinski definition) is 1. The molecule has 214 valence electrons. The fourth-order valence-electron chi connectivity index (χ4n) is 6.50. The molecule has 3 aliphatic carbocycles. The third-order valence-electron chi connectivity index (χ3n) is 9.17. The number of benzene rings is 1. The number of nitriles is 1. The summed E-state index contributed by atoms with van der Waals surface area (Å²) in [5.74, 6) is 2.81. The maximum atomic E-state index is 14.0. The van der Waals surface area contributed by atoms with Gasteiger partial charge in [0.25, 0.3) is 0 Å². The van der Waals surface area contributed by atoms with Crippen LogP contribution in [0.2, 0.25) is 0 Å². The average Bonchev–Trinajstić information content (AvgIpc) is 3.75. The zero-order valence-electron chi connectivity index (χ0n) is 23.7. The van der Waals surface area contributed by atoms with Crippen LogP contribution >= 0.6 is 11.3 Å². The SMILES string of the molecule is COc1ccc([C@H]2CC[C@H](CN(c3cc(-c4cnc(C5CC5)s4)ccn3)C(=O)[C@H]3CC[C@H](O)CC3)CC2)cc1C#N. The van der Waals surface area contributed by atoms with Gasteiger partial charge in [0.15, 0.2) is 0 Å². The van der Waals surface area contributed by atoms with E-state index in [0.29, 0.717) is 48.5 Å². The maximum Gasteiger partial charge on any atom is 0.231 e. The molecule has 3 fully saturated rings. The van der Waals surface area contributed by atoms with Crippen LogP contribution in [0.25, 0.3) is 10.4 Å². The number of aromatic nitrogens is 2. The molecule has 8 heteroatoms. The molecule has 3 saturated carbocycles. The van der Waals surface area contributed by atoms with Crippen molar-refractivity contribution in [3.63, 3.8) is 0 Å². The summed E-state index contributed by atoms with van der Waals surface area (Å²) in [5.41, 5.74) is 2.84. The number of amides is 1. The minimum atomic E-state index is -0.296. The Morgan fingerprint density at radius 1 is 1.02 bits per heavy atom. The summed E-state index contributed by atoms with van der Waals surface area (Å²) in [6.07, 6.45) is 12.8. The summed E-state index contributed by atoms with van der Waals surface area (Å²) in [6, 6.07) is 12.3. The van der Waals surface area contributed by atoms with Crippen molar-refractivity contribution in [2.75, 3.05) is 18.6 Å². The van der Waals surface area contributed by atoms with Crippen LogP contribution in [-0.2, 0) is 4.79 Å². The first-order valence-corrected chi connectivity index (χ1v) is 15.8. The van der Waals surface area contributed by atoms with Crippen LogP contribution in [0.15, 0.2) is 42.7 Å². The third kappa shape index (κ3) is 6.32. The van der Waals surface area contributed by atoms with Crippen molar-refractivity contribution in [2.45, 2.75) is 82.1 Å². The molecule has 3 aromatic rings. The van der Waals surface area contributed by atoms with Crippen molar-refractivity contribution in [2.24, 2.45) is 11.8 Å². The van der Waals surface area contributed by atoms with Crippen LogP contribution in [0.3, 0.4) is 0 Å². The van der Waals surface area contributed by atoms with E-state index in [0.717, 1.165) is 54.8 Å². The van der Waals surface area contributed by atoms with Gasteiger partial charge in [0.05, 0.1) is 28.7 Å². The standard InChI is InChI=1S/C33H38N4O3S/c1-40-29-13-10-25(16-27(29)18-34)22-4-2-21(3-5-22)20-37(33(39)24-8-11-28(38)12-9-24)31-17-26(14-15-35-31)30-19-36-32(41-30)23-6-7-23/h10,13-17,19,21-24,28,38H,2-9,11-12,20H2,1H3/t21-,22-,24-,28-. The molecular weight excluding hydrogens is 532 g/mol. The first-order valence-electron chi connectivity index (χ1n) is 15.0. The first-order chi connectivity index (χ1) is 20.0. The molecule has 2 heterocycles. The predicted octanol–water partition coefficient (Wildman–Crippen LogP) is 6.82. The van der Waals surface area contributed by atoms with Gasteiger partial charge in [-0.2, -0.15) is 5.26 Å². The average molecular weight is 571 g/mol. The van der Waals surface area contributed by atoms with Crippen LogP contribution in [0, 0.1) is 23.2 Å². The van der Waals surface area contributed by atoms with Crippen LogP contribution < -0.4 is 9.64 Å². The zero-order chi connectivity index (χ0) is 28.3. The Morgan fingerprint density at radius 3 is 2.49 bits per heavy atom. The molecule has 0 aliphatic heterocycles. The highest BCUT2D eigenvalue weighted by Crippen LogP contribution is 2.44. The second-order valence-electron chi connectivity index (χ2n) is 12.0. The summed E-state index contributed by atoms with van der Waals surface area (Å²) in [5, 5.41) is 20.8. The lowest BCUT2D eigenvalue weighted by Gasteiger charge is -2.35. The smallest absolute Gasteiger partial charge is 0.231 e. The quantitative estimate of drug-likeness (QED) is 0.319. The van der Waals surface area contributed by atoms with E-state index in [2.05, 4.69) is 23.2 Å². The molecule has 6 rings (SSSR count). The van der Waals surface area contributed by atoms with E-state index in [1.54, 1.807) is 18.4 Å². The van der Waals surface area contributed by atoms with E-state index in [1.807, 2.05) is 35.5 Å². The van der Waals surface area contributed by atoms with E-state index < -0.39 is 0 Å². The van der Waals surface area contributed by atoms with Gasteiger partial charge in [-0.25, -0.2) is 9.97 Å². The Labute approximate surface area is 246 Å². The summed E-state index contributed by atoms with van der Waals surface area (Å²) in [7, 11) is 1.59. The Balaban J connectivity index is 1.19. The molecule has 3 aliphatic rings. The van der Waals surface area contributed by atoms with Gasteiger partial charge in [-0.1, -0.05) is 6.07 Å². The van der Waals surface area contributed by atoms with Gasteiger partial charge in [-0.3, -0.25) is 9.69 Å². The highest BCUT2D eigenvalue weighted by atomic mass is 32.1. The number of nitrogens with zero attached hydrogens (tertiary/aromatic N) is 4. The molecule has 2 aromatic heterocycles. The molecule has 1 amide bonds. The van der Waals surface area contributed by atoms with Crippen molar-refractivity contribution < 1.29 is 14.6 Å². The normalized spacial score (nSPS) is 24.4. The minimum Gasteiger partial charge on any atom is -0.495 e. The molecule has 0 unspecified atom stereocenters. The Morgan fingerprint density at radius 2 is 1.78 bits per heavy atom. The van der Waals surface area contributed by atoms with Crippen molar-refractivity contribution in [3.05, 3.63) is 58.9 Å². The molecule has 0 spiro atoms. The monoisotopic (exact) mass is 570 g/mol. The second-order valence-corrected chi connectivity index (χ2v) is 13.0. The number of thiazole rings is 1. The number of ether oxygens (including phenoxy) is 1. The van der Waals surface area contributed by atoms with Gasteiger partial charge in [-0.05, 0) is 111 Å². The number of anilines is 1. The lowest BCUT2D eigenvalue weighted by Crippen LogP contribution is -2.42. The lowest BCUT2D eigenvalue weighted by molar-refractivity contribution is -0.124. The predicted molar refractivity (Wildman–Crippen MR) is 160 cm³/mol. The molecule has 1 N–H and O–H groups in total. The van der Waals surface area contributed by atoms with E-state index in [4.69, 9.17) is 9.72 Å². The lowest BCUT2D eigenvalue weighted by atomic mass is 9.78. The highest BCUT2D eigenvalue weighted by Gasteiger charge is 2.33. The van der Waals surface area contributed by atoms with E-state index in [-0.39, 0.29) is 17.9 Å². The second kappa shape index (κ2) is 12.3. The van der Waals surface area contributed by atoms with Gasteiger partial charge in [0.1, 0.15) is 17.6 Å². The number of aliphatic hydroxyl groups is 1. The largest absolute Gasteiger partial charge is 0.495 e. The number of rotatable bonds is 8. The minimum absolute atomic E-state index is 0.0752. The molecule has 7 nitrogen and oxygen atoms in total. The van der Waals surface area contributed by atoms with Crippen molar-refractivity contribution in [1.29, 1.82) is 5.26 Å². The van der Waals surface area contributed by atoms with Crippen LogP contribution in [0.1, 0.15) is 92.2 Å². The first kappa shape index (κ1) is 27.9. The fourth-order valence-corrected chi connectivity index (χ4v) is 7.59. The van der Waals surface area contributed by atoms with Crippen LogP contribution in [0.4, 0.5) is 5.82 Å². The van der Waals surface area contributed by atoms with Crippen molar-refractivity contribution >= 4 is 23.1 Å². The molecule has 41 heavy (non-hydrogen) atoms. The van der Waals surface area contributed by atoms with E-state index >= 15 is 0 Å². The number of carbonyl (C=O) groups is 1. The summed E-state index contributed by atoms with van der Waals surface area (Å²) in [6.45, 7) is 0.656. The van der Waals surface area contributed by atoms with Gasteiger partial charge in [0, 0.05) is 30.8 Å². The fraction of sp³-hybridized carbons (Fsp3) is 0.515. The molecule has 0 saturated heterocycles. The summed E-state index contributed by atoms with van der Waals surface area (Å²) in [4.78, 5) is 26.4. The van der Waals surface area contributed by atoms with Gasteiger partial charge >= 0.3 is 0 Å².